The van der Waals surface area contributed by atoms with E-state index in [9.17, 15) is 9.59 Å². The molecule has 1 atom stereocenters. The molecule has 0 bridgehead atoms. The summed E-state index contributed by atoms with van der Waals surface area (Å²) in [5, 5.41) is 6.74. The number of fused-ring (bicyclic) bond motifs is 1. The van der Waals surface area contributed by atoms with E-state index in [-0.39, 0.29) is 29.4 Å². The molecule has 2 aromatic carbocycles. The summed E-state index contributed by atoms with van der Waals surface area (Å²) in [6.07, 6.45) is 0. The van der Waals surface area contributed by atoms with Gasteiger partial charge in [0, 0.05) is 11.1 Å². The topological polar surface area (TPSA) is 71.3 Å². The van der Waals surface area contributed by atoms with Gasteiger partial charge in [-0.3, -0.25) is 9.59 Å². The standard InChI is InChI=1S/C21H22N2O3S/c1-14-6-5-8-17(10-14)23-21(25)13-27-12-20(24)22-15(2)19-11-16-7-3-4-9-18(16)26-19/h3-11,15H,12-13H2,1-2H3,(H,22,24)(H,23,25)/t15-/m0/s1. The second-order valence-corrected chi connectivity index (χ2v) is 7.37. The third-order valence-corrected chi connectivity index (χ3v) is 4.95. The summed E-state index contributed by atoms with van der Waals surface area (Å²) in [5.74, 6) is 0.901. The molecule has 1 aromatic heterocycles. The molecule has 0 radical (unpaired) electrons. The number of rotatable bonds is 7. The average molecular weight is 382 g/mol. The Kier molecular flexibility index (Phi) is 6.19. The number of carbonyl (C=O) groups excluding carboxylic acids is 2. The number of furan rings is 1. The first-order chi connectivity index (χ1) is 13.0. The van der Waals surface area contributed by atoms with Crippen LogP contribution in [0.3, 0.4) is 0 Å². The van der Waals surface area contributed by atoms with E-state index < -0.39 is 0 Å². The highest BCUT2D eigenvalue weighted by molar-refractivity contribution is 8.00. The Bertz CT molecular complexity index is 918. The van der Waals surface area contributed by atoms with Crippen LogP contribution in [0.2, 0.25) is 0 Å². The summed E-state index contributed by atoms with van der Waals surface area (Å²) in [6.45, 7) is 3.85. The van der Waals surface area contributed by atoms with Crippen molar-refractivity contribution >= 4 is 40.2 Å². The second kappa shape index (κ2) is 8.77. The molecule has 0 spiro atoms. The van der Waals surface area contributed by atoms with Crippen molar-refractivity contribution in [2.24, 2.45) is 0 Å². The Morgan fingerprint density at radius 2 is 1.81 bits per heavy atom. The largest absolute Gasteiger partial charge is 0.459 e. The fourth-order valence-corrected chi connectivity index (χ4v) is 3.35. The summed E-state index contributed by atoms with van der Waals surface area (Å²) >= 11 is 1.28. The maximum Gasteiger partial charge on any atom is 0.234 e. The maximum absolute atomic E-state index is 12.1. The number of carbonyl (C=O) groups is 2. The van der Waals surface area contributed by atoms with E-state index in [1.165, 1.54) is 11.8 Å². The molecule has 3 aromatic rings. The Balaban J connectivity index is 1.43. The Morgan fingerprint density at radius 3 is 2.59 bits per heavy atom. The summed E-state index contributed by atoms with van der Waals surface area (Å²) in [7, 11) is 0. The third-order valence-electron chi connectivity index (χ3n) is 4.02. The van der Waals surface area contributed by atoms with E-state index in [1.54, 1.807) is 0 Å². The fraction of sp³-hybridized carbons (Fsp3) is 0.238. The lowest BCUT2D eigenvalue weighted by molar-refractivity contribution is -0.119. The minimum atomic E-state index is -0.230. The molecule has 2 N–H and O–H groups in total. The van der Waals surface area contributed by atoms with Crippen LogP contribution < -0.4 is 10.6 Å². The normalized spacial score (nSPS) is 11.9. The molecule has 6 heteroatoms. The first-order valence-electron chi connectivity index (χ1n) is 8.73. The van der Waals surface area contributed by atoms with Crippen LogP contribution in [-0.4, -0.2) is 23.3 Å². The highest BCUT2D eigenvalue weighted by atomic mass is 32.2. The molecular formula is C21H22N2O3S. The molecule has 0 saturated carbocycles. The number of nitrogens with one attached hydrogen (secondary N) is 2. The van der Waals surface area contributed by atoms with Gasteiger partial charge in [-0.1, -0.05) is 30.3 Å². The highest BCUT2D eigenvalue weighted by Gasteiger charge is 2.14. The van der Waals surface area contributed by atoms with Crippen LogP contribution in [-0.2, 0) is 9.59 Å². The van der Waals surface area contributed by atoms with Crippen molar-refractivity contribution < 1.29 is 14.0 Å². The first-order valence-corrected chi connectivity index (χ1v) is 9.89. The lowest BCUT2D eigenvalue weighted by atomic mass is 10.2. The van der Waals surface area contributed by atoms with Crippen molar-refractivity contribution in [1.29, 1.82) is 0 Å². The van der Waals surface area contributed by atoms with Crippen LogP contribution in [0.5, 0.6) is 0 Å². The van der Waals surface area contributed by atoms with E-state index >= 15 is 0 Å². The second-order valence-electron chi connectivity index (χ2n) is 6.39. The van der Waals surface area contributed by atoms with Crippen LogP contribution in [0, 0.1) is 6.92 Å². The number of benzene rings is 2. The van der Waals surface area contributed by atoms with Crippen molar-refractivity contribution in [2.45, 2.75) is 19.9 Å². The third kappa shape index (κ3) is 5.37. The van der Waals surface area contributed by atoms with Crippen molar-refractivity contribution in [3.63, 3.8) is 0 Å². The predicted octanol–water partition coefficient (Wildman–Crippen LogP) is 4.29. The Hall–Kier alpha value is -2.73. The monoisotopic (exact) mass is 382 g/mol. The van der Waals surface area contributed by atoms with Gasteiger partial charge in [-0.25, -0.2) is 0 Å². The van der Waals surface area contributed by atoms with E-state index in [2.05, 4.69) is 10.6 Å². The van der Waals surface area contributed by atoms with Crippen molar-refractivity contribution in [2.75, 3.05) is 16.8 Å². The minimum Gasteiger partial charge on any atom is -0.459 e. The Labute approximate surface area is 162 Å². The summed E-state index contributed by atoms with van der Waals surface area (Å²) in [6, 6.07) is 17.1. The molecule has 0 unspecified atom stereocenters. The molecule has 2 amide bonds. The molecule has 1 heterocycles. The van der Waals surface area contributed by atoms with Gasteiger partial charge in [-0.05, 0) is 43.7 Å². The number of hydrogen-bond acceptors (Lipinski definition) is 4. The minimum absolute atomic E-state index is 0.122. The van der Waals surface area contributed by atoms with Gasteiger partial charge < -0.3 is 15.1 Å². The van der Waals surface area contributed by atoms with Crippen LogP contribution in [0.4, 0.5) is 5.69 Å². The molecule has 27 heavy (non-hydrogen) atoms. The molecule has 5 nitrogen and oxygen atoms in total. The zero-order valence-electron chi connectivity index (χ0n) is 15.3. The molecule has 140 valence electrons. The number of thioether (sulfide) groups is 1. The van der Waals surface area contributed by atoms with Gasteiger partial charge in [0.2, 0.25) is 11.8 Å². The van der Waals surface area contributed by atoms with Gasteiger partial charge in [0.25, 0.3) is 0 Å². The van der Waals surface area contributed by atoms with Crippen LogP contribution in [0.15, 0.2) is 59.0 Å². The number of amides is 2. The summed E-state index contributed by atoms with van der Waals surface area (Å²) < 4.78 is 5.76. The zero-order valence-corrected chi connectivity index (χ0v) is 16.1. The molecule has 0 aliphatic carbocycles. The van der Waals surface area contributed by atoms with Crippen LogP contribution in [0.25, 0.3) is 11.0 Å². The molecule has 3 rings (SSSR count). The van der Waals surface area contributed by atoms with E-state index in [4.69, 9.17) is 4.42 Å². The predicted molar refractivity (Wildman–Crippen MR) is 110 cm³/mol. The van der Waals surface area contributed by atoms with Gasteiger partial charge >= 0.3 is 0 Å². The average Bonchev–Trinajstić information content (AvgIpc) is 3.06. The molecule has 0 saturated heterocycles. The molecule has 0 fully saturated rings. The van der Waals surface area contributed by atoms with E-state index in [0.29, 0.717) is 5.76 Å². The molecule has 0 aliphatic heterocycles. The Morgan fingerprint density at radius 1 is 1.04 bits per heavy atom. The summed E-state index contributed by atoms with van der Waals surface area (Å²) in [4.78, 5) is 24.1. The molecular weight excluding hydrogens is 360 g/mol. The van der Waals surface area contributed by atoms with Crippen LogP contribution in [0.1, 0.15) is 24.3 Å². The number of para-hydroxylation sites is 1. The van der Waals surface area contributed by atoms with Crippen LogP contribution >= 0.6 is 11.8 Å². The lowest BCUT2D eigenvalue weighted by Gasteiger charge is -2.11. The van der Waals surface area contributed by atoms with Gasteiger partial charge in [0.15, 0.2) is 0 Å². The summed E-state index contributed by atoms with van der Waals surface area (Å²) in [5.41, 5.74) is 2.65. The van der Waals surface area contributed by atoms with Gasteiger partial charge in [0.1, 0.15) is 11.3 Å². The number of anilines is 1. The van der Waals surface area contributed by atoms with Crippen molar-refractivity contribution in [1.82, 2.24) is 5.32 Å². The van der Waals surface area contributed by atoms with Crippen molar-refractivity contribution in [3.8, 4) is 0 Å². The molecule has 0 aliphatic rings. The van der Waals surface area contributed by atoms with E-state index in [0.717, 1.165) is 22.2 Å². The van der Waals surface area contributed by atoms with Crippen molar-refractivity contribution in [3.05, 3.63) is 65.9 Å². The van der Waals surface area contributed by atoms with Gasteiger partial charge in [-0.2, -0.15) is 0 Å². The van der Waals surface area contributed by atoms with Gasteiger partial charge in [0.05, 0.1) is 17.5 Å². The van der Waals surface area contributed by atoms with E-state index in [1.807, 2.05) is 68.4 Å². The first kappa shape index (κ1) is 19.0. The quantitative estimate of drug-likeness (QED) is 0.639. The van der Waals surface area contributed by atoms with Gasteiger partial charge in [-0.15, -0.1) is 11.8 Å². The smallest absolute Gasteiger partial charge is 0.234 e. The maximum atomic E-state index is 12.1. The number of aryl methyl sites for hydroxylation is 1. The number of hydrogen-bond donors (Lipinski definition) is 2. The highest BCUT2D eigenvalue weighted by Crippen LogP contribution is 2.23. The fourth-order valence-electron chi connectivity index (χ4n) is 2.73. The zero-order chi connectivity index (χ0) is 19.2. The lowest BCUT2D eigenvalue weighted by Crippen LogP contribution is -2.28. The SMILES string of the molecule is Cc1cccc(NC(=O)CSCC(=O)N[C@@H](C)c2cc3ccccc3o2)c1.